The minimum atomic E-state index is 0.291. The van der Waals surface area contributed by atoms with Crippen LogP contribution in [0.3, 0.4) is 0 Å². The van der Waals surface area contributed by atoms with Gasteiger partial charge in [0.15, 0.2) is 12.4 Å². The molecule has 108 valence electrons. The van der Waals surface area contributed by atoms with Crippen molar-refractivity contribution in [3.8, 4) is 0 Å². The maximum atomic E-state index is 8.62. The fourth-order valence-electron chi connectivity index (χ4n) is 1.80. The molecule has 2 N–H and O–H groups in total. The molecule has 0 aliphatic carbocycles. The van der Waals surface area contributed by atoms with E-state index in [2.05, 4.69) is 10.3 Å². The van der Waals surface area contributed by atoms with Crippen molar-refractivity contribution < 1.29 is 24.3 Å². The van der Waals surface area contributed by atoms with Crippen LogP contribution < -0.4 is 9.13 Å². The van der Waals surface area contributed by atoms with Gasteiger partial charge in [0, 0.05) is 24.3 Å². The summed E-state index contributed by atoms with van der Waals surface area (Å²) < 4.78 is 9.21. The number of rotatable bonds is 6. The van der Waals surface area contributed by atoms with Gasteiger partial charge in [-0.25, -0.2) is 0 Å². The average molecular weight is 292 g/mol. The van der Waals surface area contributed by atoms with Gasteiger partial charge in [0.2, 0.25) is 11.4 Å². The summed E-state index contributed by atoms with van der Waals surface area (Å²) in [4.78, 5) is 0. The lowest BCUT2D eigenvalue weighted by Crippen LogP contribution is -2.44. The van der Waals surface area contributed by atoms with Crippen molar-refractivity contribution in [2.45, 2.75) is 13.5 Å². The third-order valence-corrected chi connectivity index (χ3v) is 2.79. The van der Waals surface area contributed by atoms with E-state index in [1.54, 1.807) is 9.13 Å². The molecule has 0 saturated carbocycles. The molecular formula is C14H16N4O3+2. The molecule has 2 aromatic heterocycles. The van der Waals surface area contributed by atoms with Crippen LogP contribution >= 0.6 is 0 Å². The second-order valence-electron chi connectivity index (χ2n) is 4.14. The summed E-state index contributed by atoms with van der Waals surface area (Å²) in [7, 11) is 0. The molecular weight excluding hydrogens is 276 g/mol. The Morgan fingerprint density at radius 1 is 0.857 bits per heavy atom. The van der Waals surface area contributed by atoms with E-state index in [4.69, 9.17) is 15.2 Å². The van der Waals surface area contributed by atoms with E-state index in [1.807, 2.05) is 48.8 Å². The van der Waals surface area contributed by atoms with E-state index in [-0.39, 0.29) is 0 Å². The van der Waals surface area contributed by atoms with Crippen molar-refractivity contribution in [2.75, 3.05) is 0 Å². The Bertz CT molecular complexity index is 588. The van der Waals surface area contributed by atoms with Crippen LogP contribution in [0.15, 0.2) is 59.1 Å². The molecule has 0 saturated heterocycles. The third-order valence-electron chi connectivity index (χ3n) is 2.79. The van der Waals surface area contributed by atoms with Crippen LogP contribution in [-0.4, -0.2) is 22.8 Å². The summed E-state index contributed by atoms with van der Waals surface area (Å²) in [6, 6.07) is 11.0. The Kier molecular flexibility index (Phi) is 5.36. The number of pyridine rings is 2. The summed E-state index contributed by atoms with van der Waals surface area (Å²) in [5.74, 6) is 0. The molecule has 0 fully saturated rings. The highest BCUT2D eigenvalue weighted by atomic mass is 16.5. The minimum Gasteiger partial charge on any atom is -0.411 e. The number of hydrogen-bond donors (Lipinski definition) is 2. The molecule has 0 radical (unpaired) electrons. The number of hydrogen-bond acceptors (Lipinski definition) is 5. The monoisotopic (exact) mass is 292 g/mol. The van der Waals surface area contributed by atoms with Gasteiger partial charge in [-0.2, -0.15) is 9.13 Å². The van der Waals surface area contributed by atoms with Crippen LogP contribution in [-0.2, 0) is 18.2 Å². The Hall–Kier alpha value is -2.80. The SMILES string of the molecule is O/N=[14CH]/c1cccc[n+]1COC[n+]1ccccc1/[14CH]=N/O. The van der Waals surface area contributed by atoms with Gasteiger partial charge in [0.05, 0.1) is 0 Å². The normalized spacial score (nSPS) is 11.4. The second kappa shape index (κ2) is 7.71. The topological polar surface area (TPSA) is 82.2 Å². The second-order valence-corrected chi connectivity index (χ2v) is 4.14. The molecule has 2 heterocycles. The molecule has 0 amide bonds. The van der Waals surface area contributed by atoms with Gasteiger partial charge >= 0.3 is 0 Å². The first-order valence-electron chi connectivity index (χ1n) is 6.24. The maximum Gasteiger partial charge on any atom is 0.258 e. The van der Waals surface area contributed by atoms with Gasteiger partial charge in [0.25, 0.3) is 13.5 Å². The summed E-state index contributed by atoms with van der Waals surface area (Å²) in [6.07, 6.45) is 6.32. The molecule has 0 unspecified atom stereocenters. The number of nitrogens with zero attached hydrogens (tertiary/aromatic N) is 4. The molecule has 7 heteroatoms. The number of oxime groups is 2. The fourth-order valence-corrected chi connectivity index (χ4v) is 1.80. The summed E-state index contributed by atoms with van der Waals surface area (Å²) >= 11 is 0. The average Bonchev–Trinajstić information content (AvgIpc) is 2.51. The van der Waals surface area contributed by atoms with Crippen LogP contribution in [0, 0.1) is 0 Å². The zero-order chi connectivity index (χ0) is 14.9. The lowest BCUT2D eigenvalue weighted by molar-refractivity contribution is -0.789. The molecule has 7 nitrogen and oxygen atoms in total. The molecule has 0 atom stereocenters. The standard InChI is InChI=1S/C14H14N4O3/c19-15-9-13-5-1-3-7-17(13)11-21-12-18-8-4-2-6-14(18)10-16-20/h1-10H,11-12H2/p+2/i9+2,10+2. The highest BCUT2D eigenvalue weighted by Crippen LogP contribution is 1.90. The number of ether oxygens (including phenoxy) is 1. The van der Waals surface area contributed by atoms with Crippen LogP contribution in [0.2, 0.25) is 0 Å². The molecule has 0 bridgehead atoms. The van der Waals surface area contributed by atoms with E-state index >= 15 is 0 Å². The first kappa shape index (κ1) is 14.6. The molecule has 0 aliphatic rings. The Balaban J connectivity index is 2.02. The van der Waals surface area contributed by atoms with Crippen molar-refractivity contribution in [3.05, 3.63) is 60.2 Å². The van der Waals surface area contributed by atoms with E-state index < -0.39 is 0 Å². The highest BCUT2D eigenvalue weighted by molar-refractivity contribution is 5.74. The van der Waals surface area contributed by atoms with E-state index in [9.17, 15) is 0 Å². The maximum absolute atomic E-state index is 8.62. The van der Waals surface area contributed by atoms with E-state index in [0.717, 1.165) is 11.4 Å². The van der Waals surface area contributed by atoms with Crippen molar-refractivity contribution in [3.63, 3.8) is 0 Å². The van der Waals surface area contributed by atoms with Gasteiger partial charge < -0.3 is 10.4 Å². The molecule has 21 heavy (non-hydrogen) atoms. The van der Waals surface area contributed by atoms with Crippen LogP contribution in [0.4, 0.5) is 0 Å². The predicted molar refractivity (Wildman–Crippen MR) is 73.1 cm³/mol. The largest absolute Gasteiger partial charge is 0.411 e. The van der Waals surface area contributed by atoms with E-state index in [0.29, 0.717) is 13.5 Å². The van der Waals surface area contributed by atoms with E-state index in [1.165, 1.54) is 12.4 Å². The van der Waals surface area contributed by atoms with Crippen LogP contribution in [0.25, 0.3) is 0 Å². The smallest absolute Gasteiger partial charge is 0.258 e. The lowest BCUT2D eigenvalue weighted by Gasteiger charge is -2.01. The zero-order valence-electron chi connectivity index (χ0n) is 11.3. The Morgan fingerprint density at radius 2 is 1.33 bits per heavy atom. The first-order valence-corrected chi connectivity index (χ1v) is 6.24. The first-order chi connectivity index (χ1) is 10.3. The predicted octanol–water partition coefficient (Wildman–Crippen LogP) is 0.510. The third kappa shape index (κ3) is 4.08. The van der Waals surface area contributed by atoms with Crippen molar-refractivity contribution in [1.29, 1.82) is 0 Å². The minimum absolute atomic E-state index is 0.291. The highest BCUT2D eigenvalue weighted by Gasteiger charge is 2.11. The van der Waals surface area contributed by atoms with Gasteiger partial charge in [-0.3, -0.25) is 4.74 Å². The van der Waals surface area contributed by atoms with Crippen molar-refractivity contribution in [2.24, 2.45) is 10.3 Å². The molecule has 2 aromatic rings. The van der Waals surface area contributed by atoms with Crippen LogP contribution in [0.5, 0.6) is 0 Å². The molecule has 2 rings (SSSR count). The molecule has 0 aliphatic heterocycles. The quantitative estimate of drug-likeness (QED) is 0.352. The van der Waals surface area contributed by atoms with Gasteiger partial charge in [-0.05, 0) is 12.1 Å². The summed E-state index contributed by atoms with van der Waals surface area (Å²) in [5.41, 5.74) is 1.44. The Labute approximate surface area is 121 Å². The van der Waals surface area contributed by atoms with Crippen molar-refractivity contribution >= 4 is 12.4 Å². The van der Waals surface area contributed by atoms with Gasteiger partial charge in [-0.15, -0.1) is 0 Å². The lowest BCUT2D eigenvalue weighted by atomic mass is 10.4. The molecule has 0 aromatic carbocycles. The Morgan fingerprint density at radius 3 is 1.76 bits per heavy atom. The van der Waals surface area contributed by atoms with Crippen LogP contribution in [0.1, 0.15) is 11.4 Å². The summed E-state index contributed by atoms with van der Waals surface area (Å²) in [5, 5.41) is 23.3. The summed E-state index contributed by atoms with van der Waals surface area (Å²) in [6.45, 7) is 0.583. The van der Waals surface area contributed by atoms with Gasteiger partial charge in [0.1, 0.15) is 12.4 Å². The fraction of sp³-hybridized carbons (Fsp3) is 0.143. The molecule has 0 spiro atoms. The zero-order valence-corrected chi connectivity index (χ0v) is 11.3. The van der Waals surface area contributed by atoms with Crippen molar-refractivity contribution in [1.82, 2.24) is 0 Å². The van der Waals surface area contributed by atoms with Gasteiger partial charge in [-0.1, -0.05) is 10.3 Å². The number of aromatic nitrogens is 2.